The quantitative estimate of drug-likeness (QED) is 0.140. The number of aryl methyl sites for hydroxylation is 1. The molecule has 0 saturated heterocycles. The van der Waals surface area contributed by atoms with Gasteiger partial charge in [-0.3, -0.25) is 13.9 Å². The fourth-order valence-electron chi connectivity index (χ4n) is 6.58. The molecule has 0 spiro atoms. The summed E-state index contributed by atoms with van der Waals surface area (Å²) in [6, 6.07) is 25.0. The lowest BCUT2D eigenvalue weighted by molar-refractivity contribution is -0.140. The van der Waals surface area contributed by atoms with Crippen molar-refractivity contribution < 1.29 is 32.2 Å². The number of ether oxygens (including phenoxy) is 3. The number of carbonyl (C=O) groups excluding carboxylic acids is 2. The maximum absolute atomic E-state index is 15.0. The molecular formula is C40H46ClN3O7S. The molecule has 1 fully saturated rings. The van der Waals surface area contributed by atoms with Crippen LogP contribution in [-0.2, 0) is 32.6 Å². The number of nitrogens with one attached hydrogen (secondary N) is 1. The Kier molecular flexibility index (Phi) is 13.1. The summed E-state index contributed by atoms with van der Waals surface area (Å²) < 4.78 is 46.7. The highest BCUT2D eigenvalue weighted by atomic mass is 35.5. The molecule has 5 rings (SSSR count). The smallest absolute Gasteiger partial charge is 0.265 e. The van der Waals surface area contributed by atoms with Crippen molar-refractivity contribution in [2.75, 3.05) is 32.2 Å². The largest absolute Gasteiger partial charge is 0.495 e. The molecule has 1 aliphatic carbocycles. The number of rotatable bonds is 15. The standard InChI is InChI=1S/C40H46ClN3O7S/c1-28-12-11-15-30(22-28)26-43(35(23-29-13-7-5-8-14-29)40(46)42-32-16-9-6-10-17-32)39(45)27-44(34-24-31(41)18-20-36(34)49-2)52(47,48)33-19-21-37(50-3)38(25-33)51-4/h5,7-8,11-15,18-22,24-25,32,35H,6,9-10,16-17,23,26-27H2,1-4H3,(H,42,46)/t35-/m0/s1. The SMILES string of the molecule is COc1ccc(S(=O)(=O)N(CC(=O)N(Cc2cccc(C)c2)[C@@H](Cc2ccccc2)C(=O)NC2CCCCC2)c2cc(Cl)ccc2OC)cc1OC. The number of nitrogens with zero attached hydrogens (tertiary/aromatic N) is 2. The van der Waals surface area contributed by atoms with E-state index in [2.05, 4.69) is 5.32 Å². The number of carbonyl (C=O) groups is 2. The van der Waals surface area contributed by atoms with Gasteiger partial charge in [0.05, 0.1) is 31.9 Å². The molecule has 0 aliphatic heterocycles. The fraction of sp³-hybridized carbons (Fsp3) is 0.350. The second-order valence-electron chi connectivity index (χ2n) is 12.9. The van der Waals surface area contributed by atoms with Crippen LogP contribution in [0.25, 0.3) is 0 Å². The van der Waals surface area contributed by atoms with Gasteiger partial charge < -0.3 is 24.4 Å². The van der Waals surface area contributed by atoms with Gasteiger partial charge in [0, 0.05) is 30.1 Å². The topological polar surface area (TPSA) is 114 Å². The summed E-state index contributed by atoms with van der Waals surface area (Å²) >= 11 is 6.44. The summed E-state index contributed by atoms with van der Waals surface area (Å²) in [5.74, 6) is -0.168. The third-order valence-corrected chi connectivity index (χ3v) is 11.3. The Morgan fingerprint density at radius 1 is 0.808 bits per heavy atom. The van der Waals surface area contributed by atoms with Gasteiger partial charge in [-0.15, -0.1) is 0 Å². The lowest BCUT2D eigenvalue weighted by atomic mass is 9.94. The van der Waals surface area contributed by atoms with Gasteiger partial charge in [0.1, 0.15) is 18.3 Å². The van der Waals surface area contributed by atoms with Gasteiger partial charge in [0.2, 0.25) is 11.8 Å². The molecule has 10 nitrogen and oxygen atoms in total. The molecule has 1 N–H and O–H groups in total. The van der Waals surface area contributed by atoms with Crippen LogP contribution in [0.2, 0.25) is 5.02 Å². The van der Waals surface area contributed by atoms with E-state index in [1.807, 2.05) is 61.5 Å². The zero-order valence-corrected chi connectivity index (χ0v) is 31.6. The first-order valence-corrected chi connectivity index (χ1v) is 19.1. The second-order valence-corrected chi connectivity index (χ2v) is 15.2. The van der Waals surface area contributed by atoms with Crippen molar-refractivity contribution >= 4 is 39.1 Å². The summed E-state index contributed by atoms with van der Waals surface area (Å²) in [6.07, 6.45) is 5.10. The van der Waals surface area contributed by atoms with E-state index in [1.54, 1.807) is 12.1 Å². The first kappa shape index (κ1) is 38.5. The number of anilines is 1. The molecule has 1 atom stereocenters. The lowest BCUT2D eigenvalue weighted by Crippen LogP contribution is -2.55. The monoisotopic (exact) mass is 747 g/mol. The van der Waals surface area contributed by atoms with Crippen molar-refractivity contribution in [3.8, 4) is 17.2 Å². The maximum Gasteiger partial charge on any atom is 0.265 e. The molecule has 0 radical (unpaired) electrons. The Bertz CT molecular complexity index is 1950. The number of hydrogen-bond donors (Lipinski definition) is 1. The molecule has 0 aromatic heterocycles. The zero-order valence-electron chi connectivity index (χ0n) is 30.0. The van der Waals surface area contributed by atoms with Gasteiger partial charge in [-0.05, 0) is 61.2 Å². The third kappa shape index (κ3) is 9.37. The summed E-state index contributed by atoms with van der Waals surface area (Å²) in [7, 11) is -0.220. The minimum atomic E-state index is -4.49. The van der Waals surface area contributed by atoms with Crippen LogP contribution in [-0.4, -0.2) is 65.1 Å². The Morgan fingerprint density at radius 3 is 2.15 bits per heavy atom. The maximum atomic E-state index is 15.0. The van der Waals surface area contributed by atoms with Crippen LogP contribution < -0.4 is 23.8 Å². The molecule has 12 heteroatoms. The molecule has 4 aromatic rings. The number of methoxy groups -OCH3 is 3. The van der Waals surface area contributed by atoms with Crippen LogP contribution in [0.1, 0.15) is 48.8 Å². The Labute approximate surface area is 311 Å². The summed E-state index contributed by atoms with van der Waals surface area (Å²) in [5.41, 5.74) is 2.70. The number of hydrogen-bond acceptors (Lipinski definition) is 7. The number of halogens is 1. The molecule has 1 aliphatic rings. The lowest BCUT2D eigenvalue weighted by Gasteiger charge is -2.35. The van der Waals surface area contributed by atoms with Gasteiger partial charge in [-0.2, -0.15) is 0 Å². The third-order valence-electron chi connectivity index (χ3n) is 9.29. The molecule has 52 heavy (non-hydrogen) atoms. The van der Waals surface area contributed by atoms with E-state index >= 15 is 0 Å². The van der Waals surface area contributed by atoms with Crippen LogP contribution in [0, 0.1) is 6.92 Å². The van der Waals surface area contributed by atoms with E-state index in [1.165, 1.54) is 50.5 Å². The van der Waals surface area contributed by atoms with Gasteiger partial charge >= 0.3 is 0 Å². The van der Waals surface area contributed by atoms with Crippen LogP contribution in [0.15, 0.2) is 95.9 Å². The summed E-state index contributed by atoms with van der Waals surface area (Å²) in [5, 5.41) is 3.47. The Balaban J connectivity index is 1.62. The molecular weight excluding hydrogens is 702 g/mol. The van der Waals surface area contributed by atoms with E-state index in [9.17, 15) is 18.0 Å². The summed E-state index contributed by atoms with van der Waals surface area (Å²) in [4.78, 5) is 30.7. The van der Waals surface area contributed by atoms with Crippen LogP contribution in [0.5, 0.6) is 17.2 Å². The van der Waals surface area contributed by atoms with E-state index in [4.69, 9.17) is 25.8 Å². The normalized spacial score (nSPS) is 13.9. The van der Waals surface area contributed by atoms with Gasteiger partial charge in [-0.25, -0.2) is 8.42 Å². The number of sulfonamides is 1. The molecule has 0 heterocycles. The average molecular weight is 748 g/mol. The van der Waals surface area contributed by atoms with E-state index in [0.717, 1.165) is 53.1 Å². The van der Waals surface area contributed by atoms with Crippen LogP contribution >= 0.6 is 11.6 Å². The highest BCUT2D eigenvalue weighted by Gasteiger charge is 2.36. The minimum Gasteiger partial charge on any atom is -0.495 e. The van der Waals surface area contributed by atoms with Crippen molar-refractivity contribution in [1.29, 1.82) is 0 Å². The predicted octanol–water partition coefficient (Wildman–Crippen LogP) is 6.96. The minimum absolute atomic E-state index is 0.00639. The molecule has 276 valence electrons. The molecule has 0 bridgehead atoms. The molecule has 0 unspecified atom stereocenters. The van der Waals surface area contributed by atoms with Crippen LogP contribution in [0.4, 0.5) is 5.69 Å². The van der Waals surface area contributed by atoms with Crippen molar-refractivity contribution in [2.24, 2.45) is 0 Å². The van der Waals surface area contributed by atoms with Crippen molar-refractivity contribution in [1.82, 2.24) is 10.2 Å². The molecule has 1 saturated carbocycles. The van der Waals surface area contributed by atoms with Gasteiger partial charge in [0.15, 0.2) is 11.5 Å². The second kappa shape index (κ2) is 17.7. The van der Waals surface area contributed by atoms with Gasteiger partial charge in [-0.1, -0.05) is 91.0 Å². The van der Waals surface area contributed by atoms with Gasteiger partial charge in [0.25, 0.3) is 10.0 Å². The van der Waals surface area contributed by atoms with Crippen LogP contribution in [0.3, 0.4) is 0 Å². The average Bonchev–Trinajstić information content (AvgIpc) is 3.15. The Morgan fingerprint density at radius 2 is 1.48 bits per heavy atom. The van der Waals surface area contributed by atoms with E-state index < -0.39 is 28.5 Å². The van der Waals surface area contributed by atoms with E-state index in [-0.39, 0.29) is 52.0 Å². The predicted molar refractivity (Wildman–Crippen MR) is 203 cm³/mol. The van der Waals surface area contributed by atoms with Crippen molar-refractivity contribution in [3.63, 3.8) is 0 Å². The summed E-state index contributed by atoms with van der Waals surface area (Å²) in [6.45, 7) is 1.35. The molecule has 4 aromatic carbocycles. The fourth-order valence-corrected chi connectivity index (χ4v) is 8.18. The first-order valence-electron chi connectivity index (χ1n) is 17.3. The van der Waals surface area contributed by atoms with Crippen molar-refractivity contribution in [3.05, 3.63) is 113 Å². The van der Waals surface area contributed by atoms with E-state index in [0.29, 0.717) is 5.75 Å². The molecule has 2 amide bonds. The highest BCUT2D eigenvalue weighted by molar-refractivity contribution is 7.92. The Hall–Kier alpha value is -4.74. The highest BCUT2D eigenvalue weighted by Crippen LogP contribution is 2.37. The number of benzene rings is 4. The zero-order chi connectivity index (χ0) is 37.3. The number of amides is 2. The first-order chi connectivity index (χ1) is 25.0. The van der Waals surface area contributed by atoms with Crippen molar-refractivity contribution in [2.45, 2.75) is 69.0 Å².